The number of carbonyl (C=O) groups is 1. The van der Waals surface area contributed by atoms with Gasteiger partial charge < -0.3 is 14.4 Å². The average molecular weight is 305 g/mol. The van der Waals surface area contributed by atoms with E-state index in [4.69, 9.17) is 4.74 Å². The van der Waals surface area contributed by atoms with Gasteiger partial charge in [0, 0.05) is 5.56 Å². The zero-order valence-electron chi connectivity index (χ0n) is 13.6. The van der Waals surface area contributed by atoms with Crippen molar-refractivity contribution in [3.63, 3.8) is 0 Å². The summed E-state index contributed by atoms with van der Waals surface area (Å²) < 4.78 is 6.30. The molecule has 1 N–H and O–H groups in total. The van der Waals surface area contributed by atoms with Crippen LogP contribution < -0.4 is 5.56 Å². The number of aliphatic hydroxyl groups is 1. The van der Waals surface area contributed by atoms with Crippen LogP contribution in [0.15, 0.2) is 29.6 Å². The van der Waals surface area contributed by atoms with E-state index in [0.29, 0.717) is 28.9 Å². The van der Waals surface area contributed by atoms with Gasteiger partial charge >= 0.3 is 5.97 Å². The molecule has 0 aliphatic carbocycles. The lowest BCUT2D eigenvalue weighted by atomic mass is 10.00. The summed E-state index contributed by atoms with van der Waals surface area (Å²) in [5, 5.41) is 9.76. The number of hydrogen-bond donors (Lipinski definition) is 1. The normalized spacial score (nSPS) is 18.2. The fraction of sp³-hybridized carbons (Fsp3) is 0.412. The van der Waals surface area contributed by atoms with Gasteiger partial charge in [-0.2, -0.15) is 0 Å². The van der Waals surface area contributed by atoms with E-state index in [1.165, 1.54) is 4.57 Å². The number of esters is 1. The molecule has 0 spiro atoms. The molecule has 0 bridgehead atoms. The minimum Gasteiger partial charge on any atom is -0.458 e. The molecule has 2 aliphatic heterocycles. The van der Waals surface area contributed by atoms with Crippen molar-refractivity contribution in [2.75, 3.05) is 0 Å². The van der Waals surface area contributed by atoms with Crippen molar-refractivity contribution in [2.45, 2.75) is 47.0 Å². The number of allylic oxidation sites excluding steroid dienone is 2. The number of ether oxygens (including phenoxy) is 1. The van der Waals surface area contributed by atoms with Crippen molar-refractivity contribution < 1.29 is 14.6 Å². The molecule has 3 heterocycles. The Hall–Kier alpha value is -2.14. The summed E-state index contributed by atoms with van der Waals surface area (Å²) in [6.07, 6.45) is -1.39. The van der Waals surface area contributed by atoms with E-state index < -0.39 is 12.1 Å². The van der Waals surface area contributed by atoms with Crippen molar-refractivity contribution in [2.24, 2.45) is 0 Å². The molecule has 22 heavy (non-hydrogen) atoms. The van der Waals surface area contributed by atoms with Gasteiger partial charge in [-0.15, -0.1) is 0 Å². The van der Waals surface area contributed by atoms with Crippen LogP contribution in [-0.2, 0) is 22.7 Å². The van der Waals surface area contributed by atoms with Gasteiger partial charge in [0.25, 0.3) is 5.56 Å². The summed E-state index contributed by atoms with van der Waals surface area (Å²) in [5.41, 5.74) is 2.43. The number of carbonyl (C=O) groups excluding carboxylic acids is 1. The Morgan fingerprint density at radius 1 is 1.23 bits per heavy atom. The molecule has 5 nitrogen and oxygen atoms in total. The van der Waals surface area contributed by atoms with E-state index >= 15 is 0 Å². The number of aliphatic hydroxyl groups excluding tert-OH is 1. The molecule has 1 unspecified atom stereocenters. The van der Waals surface area contributed by atoms with Gasteiger partial charge in [-0.05, 0) is 17.2 Å². The predicted molar refractivity (Wildman–Crippen MR) is 86.3 cm³/mol. The summed E-state index contributed by atoms with van der Waals surface area (Å²) in [6.45, 7) is 16.0. The second kappa shape index (κ2) is 7.22. The maximum absolute atomic E-state index is 12.2. The van der Waals surface area contributed by atoms with E-state index in [9.17, 15) is 14.7 Å². The SMILES string of the molecule is C=C1Cn2c(cc3c(c2=O)COC(=O)C3O)C1=C.CC.CC. The lowest BCUT2D eigenvalue weighted by Gasteiger charge is -2.21. The molecule has 2 aliphatic rings. The number of pyridine rings is 1. The Morgan fingerprint density at radius 3 is 2.41 bits per heavy atom. The maximum atomic E-state index is 12.2. The molecule has 0 saturated carbocycles. The van der Waals surface area contributed by atoms with Gasteiger partial charge in [-0.25, -0.2) is 4.79 Å². The highest BCUT2D eigenvalue weighted by molar-refractivity contribution is 5.81. The van der Waals surface area contributed by atoms with Crippen LogP contribution in [0.5, 0.6) is 0 Å². The van der Waals surface area contributed by atoms with Crippen molar-refractivity contribution in [3.8, 4) is 0 Å². The lowest BCUT2D eigenvalue weighted by Crippen LogP contribution is -2.32. The Labute approximate surface area is 130 Å². The van der Waals surface area contributed by atoms with E-state index in [0.717, 1.165) is 5.57 Å². The smallest absolute Gasteiger partial charge is 0.340 e. The monoisotopic (exact) mass is 305 g/mol. The number of nitrogens with zero attached hydrogens (tertiary/aromatic N) is 1. The molecule has 1 aromatic heterocycles. The predicted octanol–water partition coefficient (Wildman–Crippen LogP) is 2.57. The minimum atomic E-state index is -1.39. The van der Waals surface area contributed by atoms with Crippen LogP contribution in [0.1, 0.15) is 50.6 Å². The maximum Gasteiger partial charge on any atom is 0.340 e. The van der Waals surface area contributed by atoms with Crippen LogP contribution in [0.25, 0.3) is 5.57 Å². The number of rotatable bonds is 0. The van der Waals surface area contributed by atoms with Crippen molar-refractivity contribution >= 4 is 11.5 Å². The molecule has 120 valence electrons. The van der Waals surface area contributed by atoms with Crippen LogP contribution >= 0.6 is 0 Å². The fourth-order valence-corrected chi connectivity index (χ4v) is 2.32. The summed E-state index contributed by atoms with van der Waals surface area (Å²) in [6, 6.07) is 1.63. The molecular formula is C17H23NO4. The average Bonchev–Trinajstić information content (AvgIpc) is 2.84. The largest absolute Gasteiger partial charge is 0.458 e. The van der Waals surface area contributed by atoms with Crippen LogP contribution in [0.2, 0.25) is 0 Å². The zero-order chi connectivity index (χ0) is 17.0. The van der Waals surface area contributed by atoms with Crippen LogP contribution in [-0.4, -0.2) is 15.6 Å². The van der Waals surface area contributed by atoms with E-state index in [2.05, 4.69) is 13.2 Å². The third-order valence-corrected chi connectivity index (χ3v) is 3.40. The Balaban J connectivity index is 0.000000561. The number of hydrogen-bond acceptors (Lipinski definition) is 4. The molecule has 5 heteroatoms. The number of aromatic nitrogens is 1. The van der Waals surface area contributed by atoms with E-state index in [1.54, 1.807) is 6.07 Å². The molecule has 1 aromatic rings. The quantitative estimate of drug-likeness (QED) is 0.748. The second-order valence-corrected chi connectivity index (χ2v) is 4.45. The Kier molecular flexibility index (Phi) is 5.88. The molecule has 0 radical (unpaired) electrons. The molecule has 3 rings (SSSR count). The molecule has 0 fully saturated rings. The highest BCUT2D eigenvalue weighted by Crippen LogP contribution is 2.32. The summed E-state index contributed by atoms with van der Waals surface area (Å²) in [4.78, 5) is 23.5. The van der Waals surface area contributed by atoms with Gasteiger partial charge in [0.15, 0.2) is 6.10 Å². The first-order valence-electron chi connectivity index (χ1n) is 7.49. The highest BCUT2D eigenvalue weighted by atomic mass is 16.5. The van der Waals surface area contributed by atoms with Gasteiger partial charge in [0.05, 0.1) is 17.8 Å². The van der Waals surface area contributed by atoms with Gasteiger partial charge in [-0.3, -0.25) is 4.79 Å². The van der Waals surface area contributed by atoms with Gasteiger partial charge in [-0.1, -0.05) is 40.9 Å². The number of cyclic esters (lactones) is 1. The zero-order valence-corrected chi connectivity index (χ0v) is 13.6. The summed E-state index contributed by atoms with van der Waals surface area (Å²) in [5.74, 6) is -0.728. The van der Waals surface area contributed by atoms with Crippen molar-refractivity contribution in [3.05, 3.63) is 52.0 Å². The van der Waals surface area contributed by atoms with Gasteiger partial charge in [0.1, 0.15) is 6.61 Å². The number of fused-ring (bicyclic) bond motifs is 2. The first-order valence-corrected chi connectivity index (χ1v) is 7.49. The second-order valence-electron chi connectivity index (χ2n) is 4.45. The Bertz CT molecular complexity index is 670. The first-order chi connectivity index (χ1) is 10.5. The summed E-state index contributed by atoms with van der Waals surface area (Å²) >= 11 is 0. The summed E-state index contributed by atoms with van der Waals surface area (Å²) in [7, 11) is 0. The lowest BCUT2D eigenvalue weighted by molar-refractivity contribution is -0.157. The standard InChI is InChI=1S/C13H11NO4.2C2H6/c1-6-4-14-10(7(6)2)3-8-9(12(14)16)5-18-13(17)11(8)15;2*1-2/h3,11,15H,1-2,4-5H2;2*1-2H3. The highest BCUT2D eigenvalue weighted by Gasteiger charge is 2.33. The third kappa shape index (κ3) is 2.76. The van der Waals surface area contributed by atoms with Crippen LogP contribution in [0.4, 0.5) is 0 Å². The molecule has 1 atom stereocenters. The van der Waals surface area contributed by atoms with E-state index in [1.807, 2.05) is 27.7 Å². The van der Waals surface area contributed by atoms with Crippen molar-refractivity contribution in [1.29, 1.82) is 0 Å². The third-order valence-electron chi connectivity index (χ3n) is 3.40. The molecule has 0 aromatic carbocycles. The van der Waals surface area contributed by atoms with Crippen LogP contribution in [0, 0.1) is 0 Å². The molecule has 0 saturated heterocycles. The fourth-order valence-electron chi connectivity index (χ4n) is 2.32. The van der Waals surface area contributed by atoms with E-state index in [-0.39, 0.29) is 12.2 Å². The minimum absolute atomic E-state index is 0.0940. The van der Waals surface area contributed by atoms with Crippen molar-refractivity contribution in [1.82, 2.24) is 4.57 Å². The Morgan fingerprint density at radius 2 is 1.82 bits per heavy atom. The topological polar surface area (TPSA) is 68.5 Å². The van der Waals surface area contributed by atoms with Crippen LogP contribution in [0.3, 0.4) is 0 Å². The van der Waals surface area contributed by atoms with Gasteiger partial charge in [0.2, 0.25) is 0 Å². The first kappa shape index (κ1) is 17.9. The molecule has 0 amide bonds. The molecular weight excluding hydrogens is 282 g/mol.